The van der Waals surface area contributed by atoms with Crippen LogP contribution < -0.4 is 15.5 Å². The molecule has 0 saturated carbocycles. The average Bonchev–Trinajstić information content (AvgIpc) is 2.80. The van der Waals surface area contributed by atoms with E-state index in [-0.39, 0.29) is 11.9 Å². The van der Waals surface area contributed by atoms with Crippen molar-refractivity contribution >= 4 is 44.9 Å². The average molecular weight is 479 g/mol. The Morgan fingerprint density at radius 3 is 2.10 bits per heavy atom. The zero-order valence-corrected chi connectivity index (χ0v) is 18.5. The van der Waals surface area contributed by atoms with E-state index in [0.717, 1.165) is 34.6 Å². The summed E-state index contributed by atoms with van der Waals surface area (Å²) in [5.41, 5.74) is 3.22. The van der Waals surface area contributed by atoms with Gasteiger partial charge in [0.1, 0.15) is 0 Å². The molecular formula is C24H23BrN4O2. The lowest BCUT2D eigenvalue weighted by molar-refractivity contribution is 0.102. The molecule has 6 nitrogen and oxygen atoms in total. The van der Waals surface area contributed by atoms with Crippen LogP contribution in [0.1, 0.15) is 10.4 Å². The summed E-state index contributed by atoms with van der Waals surface area (Å²) in [6.07, 6.45) is 0. The van der Waals surface area contributed by atoms with Gasteiger partial charge < -0.3 is 20.4 Å². The van der Waals surface area contributed by atoms with Gasteiger partial charge in [-0.25, -0.2) is 4.79 Å². The Kier molecular flexibility index (Phi) is 6.52. The number of nitrogens with one attached hydrogen (secondary N) is 2. The van der Waals surface area contributed by atoms with Crippen molar-refractivity contribution in [3.63, 3.8) is 0 Å². The van der Waals surface area contributed by atoms with E-state index in [1.54, 1.807) is 12.1 Å². The molecule has 0 spiro atoms. The monoisotopic (exact) mass is 478 g/mol. The number of benzene rings is 3. The second-order valence-electron chi connectivity index (χ2n) is 7.28. The number of anilines is 3. The molecule has 0 aliphatic carbocycles. The van der Waals surface area contributed by atoms with E-state index in [1.165, 1.54) is 0 Å². The van der Waals surface area contributed by atoms with Gasteiger partial charge in [-0.3, -0.25) is 4.79 Å². The lowest BCUT2D eigenvalue weighted by Crippen LogP contribution is -2.50. The van der Waals surface area contributed by atoms with Crippen molar-refractivity contribution in [3.05, 3.63) is 88.9 Å². The number of carbonyl (C=O) groups is 2. The van der Waals surface area contributed by atoms with Crippen LogP contribution in [0.25, 0.3) is 0 Å². The fraction of sp³-hybridized carbons (Fsp3) is 0.167. The first-order valence-electron chi connectivity index (χ1n) is 10.1. The van der Waals surface area contributed by atoms with Crippen molar-refractivity contribution in [2.75, 3.05) is 41.7 Å². The summed E-state index contributed by atoms with van der Waals surface area (Å²) in [5.74, 6) is -0.146. The fourth-order valence-electron chi connectivity index (χ4n) is 3.48. The Labute approximate surface area is 190 Å². The lowest BCUT2D eigenvalue weighted by Gasteiger charge is -2.36. The van der Waals surface area contributed by atoms with E-state index in [2.05, 4.69) is 31.5 Å². The normalized spacial score (nSPS) is 13.6. The standard InChI is InChI=1S/C24H23BrN4O2/c25-19-6-4-5-18(17-19)23(30)26-21-9-11-22(12-10-21)28-13-15-29(16-14-28)24(31)27-20-7-2-1-3-8-20/h1-12,17H,13-16H2,(H,26,30)(H,27,31). The molecule has 0 aromatic heterocycles. The summed E-state index contributed by atoms with van der Waals surface area (Å²) >= 11 is 3.38. The van der Waals surface area contributed by atoms with E-state index in [1.807, 2.05) is 71.6 Å². The smallest absolute Gasteiger partial charge is 0.321 e. The highest BCUT2D eigenvalue weighted by Gasteiger charge is 2.21. The first-order chi connectivity index (χ1) is 15.1. The van der Waals surface area contributed by atoms with E-state index in [4.69, 9.17) is 0 Å². The van der Waals surface area contributed by atoms with E-state index in [0.29, 0.717) is 18.7 Å². The summed E-state index contributed by atoms with van der Waals surface area (Å²) in [6, 6.07) is 24.5. The van der Waals surface area contributed by atoms with Gasteiger partial charge in [-0.15, -0.1) is 0 Å². The molecule has 2 N–H and O–H groups in total. The van der Waals surface area contributed by atoms with Crippen LogP contribution in [0.4, 0.5) is 21.9 Å². The fourth-order valence-corrected chi connectivity index (χ4v) is 3.88. The van der Waals surface area contributed by atoms with Gasteiger partial charge in [0.25, 0.3) is 5.91 Å². The molecule has 1 saturated heterocycles. The molecule has 158 valence electrons. The van der Waals surface area contributed by atoms with E-state index < -0.39 is 0 Å². The second kappa shape index (κ2) is 9.66. The van der Waals surface area contributed by atoms with Gasteiger partial charge in [0, 0.05) is 53.3 Å². The molecule has 1 aliphatic heterocycles. The third-order valence-electron chi connectivity index (χ3n) is 5.17. The zero-order valence-electron chi connectivity index (χ0n) is 16.9. The molecule has 0 bridgehead atoms. The molecular weight excluding hydrogens is 456 g/mol. The SMILES string of the molecule is O=C(Nc1ccc(N2CCN(C(=O)Nc3ccccc3)CC2)cc1)c1cccc(Br)c1. The number of amides is 3. The third kappa shape index (κ3) is 5.44. The minimum atomic E-state index is -0.146. The number of piperazine rings is 1. The zero-order chi connectivity index (χ0) is 21.6. The quantitative estimate of drug-likeness (QED) is 0.550. The summed E-state index contributed by atoms with van der Waals surface area (Å²) in [7, 11) is 0. The topological polar surface area (TPSA) is 64.7 Å². The highest BCUT2D eigenvalue weighted by atomic mass is 79.9. The van der Waals surface area contributed by atoms with Gasteiger partial charge in [-0.2, -0.15) is 0 Å². The highest BCUT2D eigenvalue weighted by molar-refractivity contribution is 9.10. The van der Waals surface area contributed by atoms with Crippen molar-refractivity contribution in [1.29, 1.82) is 0 Å². The molecule has 4 rings (SSSR count). The van der Waals surface area contributed by atoms with Crippen molar-refractivity contribution in [3.8, 4) is 0 Å². The Morgan fingerprint density at radius 2 is 1.42 bits per heavy atom. The van der Waals surface area contributed by atoms with E-state index >= 15 is 0 Å². The number of rotatable bonds is 4. The minimum Gasteiger partial charge on any atom is -0.368 e. The first-order valence-corrected chi connectivity index (χ1v) is 10.9. The summed E-state index contributed by atoms with van der Waals surface area (Å²) in [5, 5.41) is 5.86. The van der Waals surface area contributed by atoms with Gasteiger partial charge in [-0.05, 0) is 54.6 Å². The maximum atomic E-state index is 12.4. The first kappa shape index (κ1) is 20.9. The summed E-state index contributed by atoms with van der Waals surface area (Å²) < 4.78 is 0.868. The number of hydrogen-bond donors (Lipinski definition) is 2. The van der Waals surface area contributed by atoms with E-state index in [9.17, 15) is 9.59 Å². The second-order valence-corrected chi connectivity index (χ2v) is 8.20. The van der Waals surface area contributed by atoms with Gasteiger partial charge in [0.2, 0.25) is 0 Å². The minimum absolute atomic E-state index is 0.0727. The van der Waals surface area contributed by atoms with Crippen LogP contribution >= 0.6 is 15.9 Å². The van der Waals surface area contributed by atoms with Crippen molar-refractivity contribution in [2.45, 2.75) is 0 Å². The Bertz CT molecular complexity index is 1050. The molecule has 0 radical (unpaired) electrons. The predicted molar refractivity (Wildman–Crippen MR) is 128 cm³/mol. The summed E-state index contributed by atoms with van der Waals surface area (Å²) in [4.78, 5) is 28.9. The van der Waals surface area contributed by atoms with Crippen LogP contribution in [0.3, 0.4) is 0 Å². The van der Waals surface area contributed by atoms with Gasteiger partial charge in [0.05, 0.1) is 0 Å². The van der Waals surface area contributed by atoms with Crippen molar-refractivity contribution in [2.24, 2.45) is 0 Å². The van der Waals surface area contributed by atoms with Gasteiger partial charge in [-0.1, -0.05) is 40.2 Å². The molecule has 7 heteroatoms. The van der Waals surface area contributed by atoms with Crippen LogP contribution in [0.5, 0.6) is 0 Å². The van der Waals surface area contributed by atoms with Crippen LogP contribution in [-0.4, -0.2) is 43.0 Å². The maximum Gasteiger partial charge on any atom is 0.321 e. The molecule has 1 fully saturated rings. The highest BCUT2D eigenvalue weighted by Crippen LogP contribution is 2.21. The Balaban J connectivity index is 1.30. The predicted octanol–water partition coefficient (Wildman–Crippen LogP) is 5.06. The Morgan fingerprint density at radius 1 is 0.742 bits per heavy atom. The van der Waals surface area contributed by atoms with Crippen LogP contribution in [0.15, 0.2) is 83.3 Å². The number of urea groups is 1. The van der Waals surface area contributed by atoms with Crippen molar-refractivity contribution in [1.82, 2.24) is 4.90 Å². The summed E-state index contributed by atoms with van der Waals surface area (Å²) in [6.45, 7) is 2.82. The van der Waals surface area contributed by atoms with Gasteiger partial charge in [0.15, 0.2) is 0 Å². The maximum absolute atomic E-state index is 12.4. The molecule has 3 aromatic carbocycles. The molecule has 0 unspecified atom stereocenters. The Hall–Kier alpha value is -3.32. The molecule has 0 atom stereocenters. The molecule has 31 heavy (non-hydrogen) atoms. The van der Waals surface area contributed by atoms with Gasteiger partial charge >= 0.3 is 6.03 Å². The van der Waals surface area contributed by atoms with Crippen LogP contribution in [0, 0.1) is 0 Å². The van der Waals surface area contributed by atoms with Crippen LogP contribution in [-0.2, 0) is 0 Å². The largest absolute Gasteiger partial charge is 0.368 e. The number of hydrogen-bond acceptors (Lipinski definition) is 3. The van der Waals surface area contributed by atoms with Crippen molar-refractivity contribution < 1.29 is 9.59 Å². The number of carbonyl (C=O) groups excluding carboxylic acids is 2. The van der Waals surface area contributed by atoms with Crippen LogP contribution in [0.2, 0.25) is 0 Å². The molecule has 3 aromatic rings. The number of para-hydroxylation sites is 1. The molecule has 1 heterocycles. The number of nitrogens with zero attached hydrogens (tertiary/aromatic N) is 2. The molecule has 3 amide bonds. The number of halogens is 1. The molecule has 1 aliphatic rings. The lowest BCUT2D eigenvalue weighted by atomic mass is 10.2. The third-order valence-corrected chi connectivity index (χ3v) is 5.66.